The Morgan fingerprint density at radius 3 is 2.79 bits per heavy atom. The smallest absolute Gasteiger partial charge is 0.257 e. The molecule has 0 spiro atoms. The highest BCUT2D eigenvalue weighted by Gasteiger charge is 2.35. The highest BCUT2D eigenvalue weighted by Crippen LogP contribution is 2.36. The summed E-state index contributed by atoms with van der Waals surface area (Å²) in [7, 11) is 0. The van der Waals surface area contributed by atoms with Crippen molar-refractivity contribution in [2.24, 2.45) is 0 Å². The normalized spacial score (nSPS) is 20.1. The summed E-state index contributed by atoms with van der Waals surface area (Å²) in [6.45, 7) is 0.780. The molecule has 1 atom stereocenters. The Bertz CT molecular complexity index is 665. The van der Waals surface area contributed by atoms with Crippen LogP contribution in [0.3, 0.4) is 0 Å². The zero-order valence-corrected chi connectivity index (χ0v) is 10.5. The topological polar surface area (TPSA) is 32.3 Å². The molecule has 2 aliphatic heterocycles. The zero-order chi connectivity index (χ0) is 12.8. The van der Waals surface area contributed by atoms with Crippen LogP contribution in [0.25, 0.3) is 0 Å². The lowest BCUT2D eigenvalue weighted by molar-refractivity contribution is 0.0670. The van der Waals surface area contributed by atoms with Crippen LogP contribution < -0.4 is 5.32 Å². The monoisotopic (exact) mass is 250 g/mol. The highest BCUT2D eigenvalue weighted by atomic mass is 16.2. The van der Waals surface area contributed by atoms with Crippen molar-refractivity contribution in [2.45, 2.75) is 12.6 Å². The molecule has 0 aromatic heterocycles. The molecule has 2 aromatic rings. The molecule has 3 heteroatoms. The molecule has 2 heterocycles. The quantitative estimate of drug-likeness (QED) is 0.779. The number of benzene rings is 2. The van der Waals surface area contributed by atoms with E-state index in [0.29, 0.717) is 0 Å². The fourth-order valence-electron chi connectivity index (χ4n) is 3.04. The van der Waals surface area contributed by atoms with E-state index in [1.165, 1.54) is 11.1 Å². The van der Waals surface area contributed by atoms with Gasteiger partial charge in [0.15, 0.2) is 0 Å². The molecular weight excluding hydrogens is 236 g/mol. The molecule has 4 rings (SSSR count). The minimum atomic E-state index is -0.0210. The minimum absolute atomic E-state index is 0.0210. The van der Waals surface area contributed by atoms with Crippen molar-refractivity contribution in [1.82, 2.24) is 4.90 Å². The van der Waals surface area contributed by atoms with E-state index < -0.39 is 0 Å². The van der Waals surface area contributed by atoms with Crippen molar-refractivity contribution in [3.8, 4) is 0 Å². The van der Waals surface area contributed by atoms with E-state index in [1.54, 1.807) is 0 Å². The van der Waals surface area contributed by atoms with E-state index in [2.05, 4.69) is 23.5 Å². The van der Waals surface area contributed by atoms with E-state index in [0.717, 1.165) is 24.2 Å². The first-order valence-electron chi connectivity index (χ1n) is 6.59. The van der Waals surface area contributed by atoms with Gasteiger partial charge in [-0.05, 0) is 29.7 Å². The maximum atomic E-state index is 12.5. The number of para-hydroxylation sites is 1. The lowest BCUT2D eigenvalue weighted by atomic mass is 9.94. The predicted molar refractivity (Wildman–Crippen MR) is 74.0 cm³/mol. The third-order valence-electron chi connectivity index (χ3n) is 3.99. The zero-order valence-electron chi connectivity index (χ0n) is 10.5. The number of fused-ring (bicyclic) bond motifs is 4. The molecule has 0 bridgehead atoms. The number of carbonyl (C=O) groups excluding carboxylic acids is 1. The first-order chi connectivity index (χ1) is 9.34. The maximum Gasteiger partial charge on any atom is 0.257 e. The summed E-state index contributed by atoms with van der Waals surface area (Å²) >= 11 is 0. The van der Waals surface area contributed by atoms with E-state index in [9.17, 15) is 4.79 Å². The number of nitrogens with zero attached hydrogens (tertiary/aromatic N) is 1. The Morgan fingerprint density at radius 1 is 1.05 bits per heavy atom. The predicted octanol–water partition coefficient (Wildman–Crippen LogP) is 2.81. The number of nitrogens with one attached hydrogen (secondary N) is 1. The van der Waals surface area contributed by atoms with Gasteiger partial charge in [-0.15, -0.1) is 0 Å². The summed E-state index contributed by atoms with van der Waals surface area (Å²) in [6.07, 6.45) is 0.912. The first-order valence-corrected chi connectivity index (χ1v) is 6.59. The molecule has 3 nitrogen and oxygen atoms in total. The summed E-state index contributed by atoms with van der Waals surface area (Å²) in [6, 6.07) is 16.1. The standard InChI is InChI=1S/C16H14N2O/c19-16-13-7-3-4-8-14(13)17-15-12-6-2-1-5-11(12)9-10-18(15)16/h1-8,15,17H,9-10H2. The average molecular weight is 250 g/mol. The van der Waals surface area contributed by atoms with Crippen molar-refractivity contribution >= 4 is 11.6 Å². The SMILES string of the molecule is O=C1c2ccccc2NC2c3ccccc3CCN12. The third kappa shape index (κ3) is 1.48. The van der Waals surface area contributed by atoms with Crippen LogP contribution in [0.1, 0.15) is 27.7 Å². The second-order valence-electron chi connectivity index (χ2n) is 5.04. The molecular formula is C16H14N2O. The van der Waals surface area contributed by atoms with Gasteiger partial charge in [0.25, 0.3) is 5.91 Å². The average Bonchev–Trinajstić information content (AvgIpc) is 2.47. The van der Waals surface area contributed by atoms with Gasteiger partial charge in [0.1, 0.15) is 6.17 Å². The van der Waals surface area contributed by atoms with Crippen LogP contribution in [0.4, 0.5) is 5.69 Å². The Balaban J connectivity index is 1.85. The van der Waals surface area contributed by atoms with Crippen LogP contribution in [0.15, 0.2) is 48.5 Å². The molecule has 1 unspecified atom stereocenters. The Kier molecular flexibility index (Phi) is 2.15. The van der Waals surface area contributed by atoms with E-state index in [1.807, 2.05) is 35.2 Å². The minimum Gasteiger partial charge on any atom is -0.361 e. The summed E-state index contributed by atoms with van der Waals surface area (Å²) in [5.74, 6) is 0.133. The molecule has 0 saturated carbocycles. The lowest BCUT2D eigenvalue weighted by Crippen LogP contribution is -2.46. The Hall–Kier alpha value is -2.29. The molecule has 0 radical (unpaired) electrons. The van der Waals surface area contributed by atoms with Crippen LogP contribution in [-0.2, 0) is 6.42 Å². The molecule has 1 amide bonds. The summed E-state index contributed by atoms with van der Waals surface area (Å²) in [5.41, 5.74) is 4.27. The van der Waals surface area contributed by atoms with Crippen molar-refractivity contribution in [2.75, 3.05) is 11.9 Å². The fourth-order valence-corrected chi connectivity index (χ4v) is 3.04. The molecule has 0 fully saturated rings. The summed E-state index contributed by atoms with van der Waals surface area (Å²) < 4.78 is 0. The lowest BCUT2D eigenvalue weighted by Gasteiger charge is -2.42. The number of rotatable bonds is 0. The third-order valence-corrected chi connectivity index (χ3v) is 3.99. The molecule has 94 valence electrons. The van der Waals surface area contributed by atoms with Gasteiger partial charge in [0.05, 0.1) is 5.56 Å². The first kappa shape index (κ1) is 10.6. The molecule has 0 saturated heterocycles. The van der Waals surface area contributed by atoms with Gasteiger partial charge in [-0.3, -0.25) is 4.79 Å². The van der Waals surface area contributed by atoms with Crippen LogP contribution in [0.2, 0.25) is 0 Å². The van der Waals surface area contributed by atoms with Crippen molar-refractivity contribution in [1.29, 1.82) is 0 Å². The van der Waals surface area contributed by atoms with Gasteiger partial charge in [-0.1, -0.05) is 36.4 Å². The van der Waals surface area contributed by atoms with Gasteiger partial charge in [0, 0.05) is 12.2 Å². The van der Waals surface area contributed by atoms with Crippen molar-refractivity contribution < 1.29 is 4.79 Å². The van der Waals surface area contributed by atoms with Gasteiger partial charge in [-0.2, -0.15) is 0 Å². The summed E-state index contributed by atoms with van der Waals surface area (Å²) in [5, 5.41) is 3.49. The van der Waals surface area contributed by atoms with Gasteiger partial charge in [0.2, 0.25) is 0 Å². The molecule has 2 aromatic carbocycles. The Morgan fingerprint density at radius 2 is 1.84 bits per heavy atom. The van der Waals surface area contributed by atoms with Crippen LogP contribution in [0, 0.1) is 0 Å². The maximum absolute atomic E-state index is 12.5. The van der Waals surface area contributed by atoms with E-state index >= 15 is 0 Å². The second-order valence-corrected chi connectivity index (χ2v) is 5.04. The highest BCUT2D eigenvalue weighted by molar-refractivity contribution is 6.01. The largest absolute Gasteiger partial charge is 0.361 e. The van der Waals surface area contributed by atoms with Gasteiger partial charge < -0.3 is 10.2 Å². The van der Waals surface area contributed by atoms with Crippen LogP contribution >= 0.6 is 0 Å². The number of amides is 1. The summed E-state index contributed by atoms with van der Waals surface area (Å²) in [4.78, 5) is 14.5. The van der Waals surface area contributed by atoms with E-state index in [-0.39, 0.29) is 12.1 Å². The second kappa shape index (κ2) is 3.85. The number of hydrogen-bond donors (Lipinski definition) is 1. The molecule has 0 aliphatic carbocycles. The van der Waals surface area contributed by atoms with Crippen LogP contribution in [-0.4, -0.2) is 17.4 Å². The fraction of sp³-hybridized carbons (Fsp3) is 0.188. The molecule has 1 N–H and O–H groups in total. The van der Waals surface area contributed by atoms with Crippen molar-refractivity contribution in [3.05, 3.63) is 65.2 Å². The Labute approximate surface area is 111 Å². The number of carbonyl (C=O) groups is 1. The number of anilines is 1. The van der Waals surface area contributed by atoms with Crippen LogP contribution in [0.5, 0.6) is 0 Å². The molecule has 2 aliphatic rings. The van der Waals surface area contributed by atoms with Crippen molar-refractivity contribution in [3.63, 3.8) is 0 Å². The van der Waals surface area contributed by atoms with Gasteiger partial charge >= 0.3 is 0 Å². The van der Waals surface area contributed by atoms with E-state index in [4.69, 9.17) is 0 Å². The van der Waals surface area contributed by atoms with Gasteiger partial charge in [-0.25, -0.2) is 0 Å². The molecule has 19 heavy (non-hydrogen) atoms. The number of hydrogen-bond acceptors (Lipinski definition) is 2.